The molecule has 3 aromatic heterocycles. The van der Waals surface area contributed by atoms with Crippen LogP contribution in [0, 0.1) is 0 Å². The lowest BCUT2D eigenvalue weighted by Crippen LogP contribution is -2.04. The molecule has 3 nitrogen and oxygen atoms in total. The molecule has 0 spiro atoms. The number of rotatable bonds is 1. The van der Waals surface area contributed by atoms with Crippen molar-refractivity contribution in [2.24, 2.45) is 0 Å². The predicted octanol–water partition coefficient (Wildman–Crippen LogP) is 4.08. The predicted molar refractivity (Wildman–Crippen MR) is 84.7 cm³/mol. The first-order valence-corrected chi connectivity index (χ1v) is 7.82. The fourth-order valence-electron chi connectivity index (χ4n) is 3.25. The summed E-state index contributed by atoms with van der Waals surface area (Å²) in [5, 5.41) is 0. The van der Waals surface area contributed by atoms with Crippen LogP contribution in [-0.2, 0) is 12.8 Å². The van der Waals surface area contributed by atoms with Gasteiger partial charge in [0, 0.05) is 18.6 Å². The van der Waals surface area contributed by atoms with E-state index in [0.717, 1.165) is 16.9 Å². The van der Waals surface area contributed by atoms with Crippen LogP contribution >= 0.6 is 0 Å². The molecule has 3 heteroatoms. The Morgan fingerprint density at radius 1 is 0.905 bits per heavy atom. The van der Waals surface area contributed by atoms with Crippen molar-refractivity contribution in [3.05, 3.63) is 54.0 Å². The Kier molecular flexibility index (Phi) is 3.18. The molecule has 0 fully saturated rings. The zero-order valence-electron chi connectivity index (χ0n) is 12.1. The van der Waals surface area contributed by atoms with E-state index in [1.54, 1.807) is 0 Å². The van der Waals surface area contributed by atoms with Crippen molar-refractivity contribution in [1.82, 2.24) is 14.5 Å². The van der Waals surface area contributed by atoms with Crippen LogP contribution in [0.3, 0.4) is 0 Å². The monoisotopic (exact) mass is 277 g/mol. The summed E-state index contributed by atoms with van der Waals surface area (Å²) in [7, 11) is 0. The lowest BCUT2D eigenvalue weighted by atomic mass is 9.95. The smallest absolute Gasteiger partial charge is 0.137 e. The van der Waals surface area contributed by atoms with Gasteiger partial charge in [0.05, 0.1) is 11.0 Å². The highest BCUT2D eigenvalue weighted by Gasteiger charge is 2.11. The minimum atomic E-state index is 1.01. The van der Waals surface area contributed by atoms with E-state index in [0.29, 0.717) is 0 Å². The largest absolute Gasteiger partial charge is 0.300 e. The molecule has 3 aromatic rings. The molecule has 0 N–H and O–H groups in total. The summed E-state index contributed by atoms with van der Waals surface area (Å²) in [4.78, 5) is 9.09. The second kappa shape index (κ2) is 5.32. The van der Waals surface area contributed by atoms with Gasteiger partial charge in [0.1, 0.15) is 5.82 Å². The van der Waals surface area contributed by atoms with Gasteiger partial charge >= 0.3 is 0 Å². The van der Waals surface area contributed by atoms with E-state index in [4.69, 9.17) is 4.98 Å². The van der Waals surface area contributed by atoms with E-state index in [9.17, 15) is 0 Å². The average molecular weight is 277 g/mol. The van der Waals surface area contributed by atoms with Gasteiger partial charge in [-0.05, 0) is 61.1 Å². The average Bonchev–Trinajstić information content (AvgIpc) is 2.92. The summed E-state index contributed by atoms with van der Waals surface area (Å²) in [6.45, 7) is 0. The SMILES string of the molecule is c1cnc2ccn(-c3cc4c(cn3)CCCCCC4)c2c1. The third kappa shape index (κ3) is 2.33. The van der Waals surface area contributed by atoms with Gasteiger partial charge in [-0.15, -0.1) is 0 Å². The molecule has 0 atom stereocenters. The minimum absolute atomic E-state index is 1.01. The Hall–Kier alpha value is -2.16. The van der Waals surface area contributed by atoms with E-state index >= 15 is 0 Å². The summed E-state index contributed by atoms with van der Waals surface area (Å²) in [6.07, 6.45) is 13.6. The van der Waals surface area contributed by atoms with Crippen molar-refractivity contribution in [2.45, 2.75) is 38.5 Å². The molecule has 0 saturated heterocycles. The molecule has 0 aromatic carbocycles. The zero-order valence-corrected chi connectivity index (χ0v) is 12.1. The summed E-state index contributed by atoms with van der Waals surface area (Å²) < 4.78 is 2.14. The van der Waals surface area contributed by atoms with E-state index in [1.807, 2.05) is 18.3 Å². The molecule has 0 aliphatic heterocycles. The fraction of sp³-hybridized carbons (Fsp3) is 0.333. The topological polar surface area (TPSA) is 30.7 Å². The molecule has 106 valence electrons. The van der Waals surface area contributed by atoms with Crippen molar-refractivity contribution in [2.75, 3.05) is 0 Å². The highest BCUT2D eigenvalue weighted by atomic mass is 15.1. The van der Waals surface area contributed by atoms with E-state index in [1.165, 1.54) is 49.7 Å². The maximum absolute atomic E-state index is 4.69. The van der Waals surface area contributed by atoms with Crippen molar-refractivity contribution in [1.29, 1.82) is 0 Å². The molecular formula is C18H19N3. The summed E-state index contributed by atoms with van der Waals surface area (Å²) in [6, 6.07) is 8.40. The standard InChI is InChI=1S/C18H19N3/c1-2-4-7-15-13-20-18(12-14(15)6-3-1)21-11-9-16-17(21)8-5-10-19-16/h5,8-13H,1-4,6-7H2. The van der Waals surface area contributed by atoms with Crippen LogP contribution in [0.4, 0.5) is 0 Å². The number of nitrogens with zero attached hydrogens (tertiary/aromatic N) is 3. The highest BCUT2D eigenvalue weighted by molar-refractivity contribution is 5.77. The first kappa shape index (κ1) is 12.6. The van der Waals surface area contributed by atoms with Gasteiger partial charge in [0.2, 0.25) is 0 Å². The van der Waals surface area contributed by atoms with Crippen LogP contribution in [0.15, 0.2) is 42.9 Å². The highest BCUT2D eigenvalue weighted by Crippen LogP contribution is 2.23. The van der Waals surface area contributed by atoms with Crippen LogP contribution in [0.5, 0.6) is 0 Å². The van der Waals surface area contributed by atoms with Gasteiger partial charge in [-0.3, -0.25) is 9.55 Å². The molecule has 0 unspecified atom stereocenters. The Morgan fingerprint density at radius 3 is 2.67 bits per heavy atom. The molecule has 4 rings (SSSR count). The van der Waals surface area contributed by atoms with Crippen molar-refractivity contribution in [3.63, 3.8) is 0 Å². The normalized spacial score (nSPS) is 15.4. The molecule has 21 heavy (non-hydrogen) atoms. The molecule has 0 bridgehead atoms. The van der Waals surface area contributed by atoms with Crippen molar-refractivity contribution >= 4 is 11.0 Å². The third-order valence-electron chi connectivity index (χ3n) is 4.41. The molecule has 0 saturated carbocycles. The van der Waals surface area contributed by atoms with Crippen LogP contribution in [0.2, 0.25) is 0 Å². The Balaban J connectivity index is 1.80. The number of aromatic nitrogens is 3. The molecule has 1 aliphatic rings. The van der Waals surface area contributed by atoms with E-state index in [2.05, 4.69) is 34.1 Å². The number of pyridine rings is 2. The molecule has 0 amide bonds. The third-order valence-corrected chi connectivity index (χ3v) is 4.41. The van der Waals surface area contributed by atoms with Gasteiger partial charge in [-0.2, -0.15) is 0 Å². The van der Waals surface area contributed by atoms with Gasteiger partial charge < -0.3 is 0 Å². The van der Waals surface area contributed by atoms with Gasteiger partial charge in [-0.1, -0.05) is 12.8 Å². The van der Waals surface area contributed by atoms with Crippen LogP contribution in [0.1, 0.15) is 36.8 Å². The molecule has 1 aliphatic carbocycles. The Bertz CT molecular complexity index is 773. The Morgan fingerprint density at radius 2 is 1.76 bits per heavy atom. The van der Waals surface area contributed by atoms with Crippen LogP contribution < -0.4 is 0 Å². The number of hydrogen-bond acceptors (Lipinski definition) is 2. The van der Waals surface area contributed by atoms with Gasteiger partial charge in [0.25, 0.3) is 0 Å². The lowest BCUT2D eigenvalue weighted by Gasteiger charge is -2.15. The lowest BCUT2D eigenvalue weighted by molar-refractivity contribution is 0.615. The summed E-state index contributed by atoms with van der Waals surface area (Å²) in [5.41, 5.74) is 5.06. The zero-order chi connectivity index (χ0) is 14.1. The quantitative estimate of drug-likeness (QED) is 0.671. The second-order valence-corrected chi connectivity index (χ2v) is 5.82. The van der Waals surface area contributed by atoms with E-state index < -0.39 is 0 Å². The van der Waals surface area contributed by atoms with Crippen LogP contribution in [-0.4, -0.2) is 14.5 Å². The number of hydrogen-bond donors (Lipinski definition) is 0. The maximum atomic E-state index is 4.69. The molecular weight excluding hydrogens is 258 g/mol. The first-order chi connectivity index (χ1) is 10.4. The maximum Gasteiger partial charge on any atom is 0.137 e. The van der Waals surface area contributed by atoms with Gasteiger partial charge in [0.15, 0.2) is 0 Å². The molecule has 0 radical (unpaired) electrons. The minimum Gasteiger partial charge on any atom is -0.300 e. The first-order valence-electron chi connectivity index (χ1n) is 7.82. The Labute approximate surface area is 124 Å². The molecule has 3 heterocycles. The van der Waals surface area contributed by atoms with Crippen molar-refractivity contribution in [3.8, 4) is 5.82 Å². The number of aryl methyl sites for hydroxylation is 2. The summed E-state index contributed by atoms with van der Waals surface area (Å²) in [5.74, 6) is 1.01. The van der Waals surface area contributed by atoms with Crippen LogP contribution in [0.25, 0.3) is 16.9 Å². The second-order valence-electron chi connectivity index (χ2n) is 5.82. The van der Waals surface area contributed by atoms with E-state index in [-0.39, 0.29) is 0 Å². The number of fused-ring (bicyclic) bond motifs is 2. The fourth-order valence-corrected chi connectivity index (χ4v) is 3.25. The summed E-state index contributed by atoms with van der Waals surface area (Å²) >= 11 is 0. The van der Waals surface area contributed by atoms with Crippen molar-refractivity contribution < 1.29 is 0 Å². The van der Waals surface area contributed by atoms with Gasteiger partial charge in [-0.25, -0.2) is 4.98 Å².